The second-order valence-corrected chi connectivity index (χ2v) is 5.03. The minimum Gasteiger partial charge on any atom is -0.480 e. The lowest BCUT2D eigenvalue weighted by Gasteiger charge is -2.07. The number of hydrogen-bond donors (Lipinski definition) is 3. The first-order chi connectivity index (χ1) is 9.08. The van der Waals surface area contributed by atoms with E-state index in [1.165, 1.54) is 11.8 Å². The first-order valence-corrected chi connectivity index (χ1v) is 6.80. The monoisotopic (exact) mass is 278 g/mol. The first-order valence-electron chi connectivity index (χ1n) is 5.65. The molecule has 0 bridgehead atoms. The number of benzene rings is 1. The van der Waals surface area contributed by atoms with E-state index in [1.807, 2.05) is 24.3 Å². The van der Waals surface area contributed by atoms with Crippen molar-refractivity contribution in [2.45, 2.75) is 11.8 Å². The SMILES string of the molecule is Nc1nc(CSC[C@H](N)C(=O)O)nc2ccccc12. The summed E-state index contributed by atoms with van der Waals surface area (Å²) < 4.78 is 0. The Morgan fingerprint density at radius 2 is 2.11 bits per heavy atom. The molecule has 19 heavy (non-hydrogen) atoms. The van der Waals surface area contributed by atoms with Crippen molar-refractivity contribution >= 4 is 34.5 Å². The molecule has 0 saturated heterocycles. The Morgan fingerprint density at radius 3 is 2.84 bits per heavy atom. The van der Waals surface area contributed by atoms with Gasteiger partial charge in [-0.25, -0.2) is 9.97 Å². The summed E-state index contributed by atoms with van der Waals surface area (Å²) in [4.78, 5) is 19.2. The number of nitrogens with zero attached hydrogens (tertiary/aromatic N) is 2. The van der Waals surface area contributed by atoms with Crippen LogP contribution < -0.4 is 11.5 Å². The Bertz CT molecular complexity index is 605. The van der Waals surface area contributed by atoms with Gasteiger partial charge < -0.3 is 16.6 Å². The molecule has 1 atom stereocenters. The van der Waals surface area contributed by atoms with E-state index in [-0.39, 0.29) is 0 Å². The van der Waals surface area contributed by atoms with Crippen molar-refractivity contribution in [2.75, 3.05) is 11.5 Å². The van der Waals surface area contributed by atoms with Crippen LogP contribution in [0.25, 0.3) is 10.9 Å². The molecule has 0 unspecified atom stereocenters. The van der Waals surface area contributed by atoms with Crippen LogP contribution in [0.15, 0.2) is 24.3 Å². The highest BCUT2D eigenvalue weighted by Crippen LogP contribution is 2.19. The van der Waals surface area contributed by atoms with Gasteiger partial charge in [-0.15, -0.1) is 0 Å². The number of rotatable bonds is 5. The van der Waals surface area contributed by atoms with Crippen LogP contribution in [0.1, 0.15) is 5.82 Å². The first kappa shape index (κ1) is 13.6. The van der Waals surface area contributed by atoms with Gasteiger partial charge in [-0.05, 0) is 12.1 Å². The standard InChI is InChI=1S/C12H14N4O2S/c13-8(12(17)18)5-19-6-10-15-9-4-2-1-3-7(9)11(14)16-10/h1-4,8H,5-6,13H2,(H,17,18)(H2,14,15,16)/t8-/m0/s1. The summed E-state index contributed by atoms with van der Waals surface area (Å²) in [6.45, 7) is 0. The van der Waals surface area contributed by atoms with Gasteiger partial charge in [0.2, 0.25) is 0 Å². The largest absolute Gasteiger partial charge is 0.480 e. The molecule has 6 nitrogen and oxygen atoms in total. The third-order valence-electron chi connectivity index (χ3n) is 2.52. The molecule has 0 amide bonds. The minimum absolute atomic E-state index is 0.311. The molecular weight excluding hydrogens is 264 g/mol. The van der Waals surface area contributed by atoms with Crippen molar-refractivity contribution in [3.8, 4) is 0 Å². The lowest BCUT2D eigenvalue weighted by atomic mass is 10.2. The number of hydrogen-bond acceptors (Lipinski definition) is 6. The van der Waals surface area contributed by atoms with Gasteiger partial charge in [0.25, 0.3) is 0 Å². The molecule has 0 saturated carbocycles. The fourth-order valence-corrected chi connectivity index (χ4v) is 2.39. The molecule has 0 aliphatic rings. The third kappa shape index (κ3) is 3.33. The van der Waals surface area contributed by atoms with Crippen LogP contribution in [-0.4, -0.2) is 32.8 Å². The fourth-order valence-electron chi connectivity index (χ4n) is 1.56. The van der Waals surface area contributed by atoms with E-state index >= 15 is 0 Å². The summed E-state index contributed by atoms with van der Waals surface area (Å²) in [5.41, 5.74) is 12.1. The zero-order valence-corrected chi connectivity index (χ0v) is 10.9. The lowest BCUT2D eigenvalue weighted by Crippen LogP contribution is -2.32. The number of aromatic nitrogens is 2. The van der Waals surface area contributed by atoms with Crippen LogP contribution >= 0.6 is 11.8 Å². The van der Waals surface area contributed by atoms with Gasteiger partial charge >= 0.3 is 5.97 Å². The predicted octanol–water partition coefficient (Wildman–Crippen LogP) is 0.857. The lowest BCUT2D eigenvalue weighted by molar-refractivity contribution is -0.137. The number of nitrogens with two attached hydrogens (primary N) is 2. The van der Waals surface area contributed by atoms with Crippen molar-refractivity contribution in [2.24, 2.45) is 5.73 Å². The Balaban J connectivity index is 2.07. The van der Waals surface area contributed by atoms with Crippen LogP contribution in [0, 0.1) is 0 Å². The van der Waals surface area contributed by atoms with Crippen molar-refractivity contribution < 1.29 is 9.90 Å². The van der Waals surface area contributed by atoms with E-state index in [0.29, 0.717) is 23.1 Å². The number of nitrogen functional groups attached to an aromatic ring is 1. The van der Waals surface area contributed by atoms with Gasteiger partial charge in [0.15, 0.2) is 0 Å². The molecule has 5 N–H and O–H groups in total. The number of para-hydroxylation sites is 1. The highest BCUT2D eigenvalue weighted by molar-refractivity contribution is 7.98. The number of aliphatic carboxylic acids is 1. The van der Waals surface area contributed by atoms with E-state index in [9.17, 15) is 4.79 Å². The van der Waals surface area contributed by atoms with Gasteiger partial charge in [-0.2, -0.15) is 11.8 Å². The molecule has 0 radical (unpaired) electrons. The summed E-state index contributed by atoms with van der Waals surface area (Å²) >= 11 is 1.37. The Kier molecular flexibility index (Phi) is 4.18. The zero-order valence-electron chi connectivity index (χ0n) is 10.1. The maximum Gasteiger partial charge on any atom is 0.321 e. The molecule has 1 aromatic carbocycles. The van der Waals surface area contributed by atoms with Crippen molar-refractivity contribution in [3.63, 3.8) is 0 Å². The normalized spacial score (nSPS) is 12.5. The van der Waals surface area contributed by atoms with Crippen LogP contribution in [0.5, 0.6) is 0 Å². The van der Waals surface area contributed by atoms with Gasteiger partial charge in [-0.1, -0.05) is 12.1 Å². The van der Waals surface area contributed by atoms with Gasteiger partial charge in [0, 0.05) is 11.1 Å². The number of fused-ring (bicyclic) bond motifs is 1. The Morgan fingerprint density at radius 1 is 1.37 bits per heavy atom. The van der Waals surface area contributed by atoms with E-state index in [0.717, 1.165) is 10.9 Å². The van der Waals surface area contributed by atoms with Gasteiger partial charge in [0.05, 0.1) is 11.3 Å². The van der Waals surface area contributed by atoms with Crippen molar-refractivity contribution in [3.05, 3.63) is 30.1 Å². The van der Waals surface area contributed by atoms with E-state index < -0.39 is 12.0 Å². The zero-order chi connectivity index (χ0) is 13.8. The smallest absolute Gasteiger partial charge is 0.321 e. The van der Waals surface area contributed by atoms with Gasteiger partial charge in [-0.3, -0.25) is 4.79 Å². The summed E-state index contributed by atoms with van der Waals surface area (Å²) in [6, 6.07) is 6.61. The number of carbonyl (C=O) groups is 1. The average Bonchev–Trinajstić information content (AvgIpc) is 2.38. The summed E-state index contributed by atoms with van der Waals surface area (Å²) in [5.74, 6) is 0.801. The topological polar surface area (TPSA) is 115 Å². The molecule has 7 heteroatoms. The molecule has 0 aliphatic carbocycles. The predicted molar refractivity (Wildman–Crippen MR) is 75.7 cm³/mol. The van der Waals surface area contributed by atoms with Crippen LogP contribution in [0.2, 0.25) is 0 Å². The highest BCUT2D eigenvalue weighted by Gasteiger charge is 2.12. The number of carboxylic acid groups (broad SMARTS) is 1. The second kappa shape index (κ2) is 5.85. The minimum atomic E-state index is -1.01. The molecule has 1 heterocycles. The van der Waals surface area contributed by atoms with E-state index in [4.69, 9.17) is 16.6 Å². The maximum absolute atomic E-state index is 10.6. The molecule has 1 aromatic heterocycles. The highest BCUT2D eigenvalue weighted by atomic mass is 32.2. The Labute approximate surface area is 114 Å². The van der Waals surface area contributed by atoms with Crippen LogP contribution in [-0.2, 0) is 10.5 Å². The molecule has 0 spiro atoms. The summed E-state index contributed by atoms with van der Waals surface area (Å²) in [7, 11) is 0. The molecule has 0 aliphatic heterocycles. The fraction of sp³-hybridized carbons (Fsp3) is 0.250. The quantitative estimate of drug-likeness (QED) is 0.742. The van der Waals surface area contributed by atoms with Crippen molar-refractivity contribution in [1.29, 1.82) is 0 Å². The number of thioether (sulfide) groups is 1. The molecular formula is C12H14N4O2S. The molecule has 100 valence electrons. The van der Waals surface area contributed by atoms with Crippen molar-refractivity contribution in [1.82, 2.24) is 9.97 Å². The molecule has 0 fully saturated rings. The molecule has 2 aromatic rings. The summed E-state index contributed by atoms with van der Waals surface area (Å²) in [5, 5.41) is 9.49. The van der Waals surface area contributed by atoms with Crippen LogP contribution in [0.3, 0.4) is 0 Å². The second-order valence-electron chi connectivity index (χ2n) is 4.00. The number of carboxylic acids is 1. The Hall–Kier alpha value is -1.86. The van der Waals surface area contributed by atoms with E-state index in [2.05, 4.69) is 9.97 Å². The summed E-state index contributed by atoms with van der Waals surface area (Å²) in [6.07, 6.45) is 0. The van der Waals surface area contributed by atoms with E-state index in [1.54, 1.807) is 0 Å². The van der Waals surface area contributed by atoms with Gasteiger partial charge in [0.1, 0.15) is 17.7 Å². The third-order valence-corrected chi connectivity index (χ3v) is 3.58. The average molecular weight is 278 g/mol. The maximum atomic E-state index is 10.6. The molecule has 2 rings (SSSR count). The van der Waals surface area contributed by atoms with Crippen LogP contribution in [0.4, 0.5) is 5.82 Å². The number of anilines is 1.